The molecule has 6 rings (SSSR count). The van der Waals surface area contributed by atoms with Gasteiger partial charge in [0.2, 0.25) is 0 Å². The molecule has 4 aromatic carbocycles. The first-order chi connectivity index (χ1) is 22.3. The number of carbonyl (C=O) groups excluding carboxylic acids is 2. The molecule has 0 saturated heterocycles. The summed E-state index contributed by atoms with van der Waals surface area (Å²) < 4.78 is 13.2. The van der Waals surface area contributed by atoms with Crippen molar-refractivity contribution in [2.24, 2.45) is 5.73 Å². The van der Waals surface area contributed by atoms with Gasteiger partial charge in [0, 0.05) is 23.8 Å². The molecule has 0 bridgehead atoms. The fraction of sp³-hybridized carbons (Fsp3) is 0.366. The molecule has 0 aromatic heterocycles. The number of carbonyl (C=O) groups is 2. The van der Waals surface area contributed by atoms with E-state index in [2.05, 4.69) is 64.1 Å². The first-order valence-corrected chi connectivity index (χ1v) is 16.9. The topological polar surface area (TPSA) is 78.6 Å². The van der Waals surface area contributed by atoms with E-state index in [1.54, 1.807) is 6.07 Å². The van der Waals surface area contributed by atoms with Crippen molar-refractivity contribution >= 4 is 11.9 Å². The van der Waals surface area contributed by atoms with Crippen molar-refractivity contribution in [2.75, 3.05) is 0 Å². The van der Waals surface area contributed by atoms with Crippen molar-refractivity contribution in [1.29, 1.82) is 0 Å². The Bertz CT molecular complexity index is 1710. The van der Waals surface area contributed by atoms with Gasteiger partial charge in [0.15, 0.2) is 0 Å². The lowest BCUT2D eigenvalue weighted by Gasteiger charge is -2.44. The summed E-state index contributed by atoms with van der Waals surface area (Å²) in [7, 11) is 0. The highest BCUT2D eigenvalue weighted by molar-refractivity contribution is 5.92. The number of esters is 2. The molecule has 0 spiro atoms. The Morgan fingerprint density at radius 3 is 1.76 bits per heavy atom. The van der Waals surface area contributed by atoms with Gasteiger partial charge in [-0.2, -0.15) is 0 Å². The van der Waals surface area contributed by atoms with E-state index < -0.39 is 18.2 Å². The molecular formula is C41H45NO4. The molecule has 238 valence electrons. The maximum absolute atomic E-state index is 14.3. The summed E-state index contributed by atoms with van der Waals surface area (Å²) in [4.78, 5) is 28.4. The fourth-order valence-corrected chi connectivity index (χ4v) is 7.83. The number of hydrogen-bond donors (Lipinski definition) is 1. The first-order valence-electron chi connectivity index (χ1n) is 16.9. The number of benzene rings is 4. The van der Waals surface area contributed by atoms with E-state index in [-0.39, 0.29) is 35.7 Å². The number of hydrogen-bond acceptors (Lipinski definition) is 5. The lowest BCUT2D eigenvalue weighted by molar-refractivity contribution is -0.0545. The molecule has 0 aliphatic heterocycles. The molecule has 5 nitrogen and oxygen atoms in total. The molecule has 5 heteroatoms. The smallest absolute Gasteiger partial charge is 0.338 e. The van der Waals surface area contributed by atoms with E-state index in [4.69, 9.17) is 15.2 Å². The predicted octanol–water partition coefficient (Wildman–Crippen LogP) is 9.19. The van der Waals surface area contributed by atoms with Gasteiger partial charge in [0.25, 0.3) is 0 Å². The van der Waals surface area contributed by atoms with Gasteiger partial charge in [-0.05, 0) is 64.3 Å². The van der Waals surface area contributed by atoms with Gasteiger partial charge in [0.05, 0.1) is 11.1 Å². The van der Waals surface area contributed by atoms with E-state index >= 15 is 0 Å². The molecule has 0 radical (unpaired) electrons. The van der Waals surface area contributed by atoms with Gasteiger partial charge in [-0.1, -0.05) is 125 Å². The van der Waals surface area contributed by atoms with E-state index in [0.717, 1.165) is 47.9 Å². The molecular weight excluding hydrogens is 570 g/mol. The largest absolute Gasteiger partial charge is 0.454 e. The lowest BCUT2D eigenvalue weighted by Crippen LogP contribution is -2.45. The molecule has 46 heavy (non-hydrogen) atoms. The monoisotopic (exact) mass is 615 g/mol. The van der Waals surface area contributed by atoms with Crippen LogP contribution >= 0.6 is 0 Å². The zero-order chi connectivity index (χ0) is 32.4. The molecule has 5 unspecified atom stereocenters. The van der Waals surface area contributed by atoms with Crippen LogP contribution in [0.3, 0.4) is 0 Å². The minimum atomic E-state index is -0.725. The molecule has 0 amide bonds. The van der Waals surface area contributed by atoms with Gasteiger partial charge >= 0.3 is 11.9 Å². The van der Waals surface area contributed by atoms with Crippen LogP contribution < -0.4 is 5.73 Å². The van der Waals surface area contributed by atoms with Crippen LogP contribution in [0.5, 0.6) is 0 Å². The van der Waals surface area contributed by atoms with Crippen molar-refractivity contribution in [3.63, 3.8) is 0 Å². The van der Waals surface area contributed by atoms with Crippen LogP contribution in [-0.2, 0) is 9.47 Å². The normalized spacial score (nSPS) is 22.6. The Kier molecular flexibility index (Phi) is 9.42. The van der Waals surface area contributed by atoms with Crippen LogP contribution in [0.1, 0.15) is 137 Å². The van der Waals surface area contributed by atoms with Crippen LogP contribution in [0.4, 0.5) is 0 Å². The minimum absolute atomic E-state index is 0.0240. The third-order valence-corrected chi connectivity index (χ3v) is 10.1. The van der Waals surface area contributed by atoms with Crippen LogP contribution in [0.15, 0.2) is 97.1 Å². The Balaban J connectivity index is 1.44. The molecule has 0 fully saturated rings. The average Bonchev–Trinajstić information content (AvgIpc) is 3.14. The van der Waals surface area contributed by atoms with Gasteiger partial charge in [-0.3, -0.25) is 0 Å². The molecule has 4 aromatic rings. The maximum atomic E-state index is 14.3. The second-order valence-corrected chi connectivity index (χ2v) is 13.0. The van der Waals surface area contributed by atoms with E-state index in [1.165, 1.54) is 11.1 Å². The van der Waals surface area contributed by atoms with Crippen molar-refractivity contribution in [2.45, 2.75) is 95.3 Å². The third kappa shape index (κ3) is 5.78. The Morgan fingerprint density at radius 1 is 0.652 bits per heavy atom. The van der Waals surface area contributed by atoms with Gasteiger partial charge in [-0.15, -0.1) is 0 Å². The van der Waals surface area contributed by atoms with Crippen LogP contribution in [-0.4, -0.2) is 24.1 Å². The van der Waals surface area contributed by atoms with Crippen LogP contribution in [0.25, 0.3) is 0 Å². The van der Waals surface area contributed by atoms with E-state index in [9.17, 15) is 9.59 Å². The minimum Gasteiger partial charge on any atom is -0.454 e. The average molecular weight is 616 g/mol. The first kappa shape index (κ1) is 31.7. The summed E-state index contributed by atoms with van der Waals surface area (Å²) in [6.07, 6.45) is 2.22. The summed E-state index contributed by atoms with van der Waals surface area (Å²) in [5.41, 5.74) is 14.0. The van der Waals surface area contributed by atoms with Crippen molar-refractivity contribution < 1.29 is 19.1 Å². The van der Waals surface area contributed by atoms with Crippen LogP contribution in [0.2, 0.25) is 0 Å². The molecule has 2 aliphatic rings. The molecule has 7 atom stereocenters. The summed E-state index contributed by atoms with van der Waals surface area (Å²) >= 11 is 0. The SMILES string of the molecule is CCCC(C)c1ccccc1C(=O)OC1C(OC(=O)c2ccccc2C(N)CCC)C(C)c2ccccc2[C@@H]2c3ccccc3[C@H]12. The lowest BCUT2D eigenvalue weighted by atomic mass is 9.63. The van der Waals surface area contributed by atoms with Crippen molar-refractivity contribution in [3.8, 4) is 0 Å². The standard InChI is InChI=1S/C41H45NO4/c1-5-15-25(3)27-17-7-13-23-33(27)40(43)46-39-37-32-22-12-11-21-31(32)36(37)30-20-10-8-18-28(30)26(4)38(39)45-41(44)34-24-14-9-19-29(34)35(42)16-6-2/h7-14,17-26,35-39H,5-6,15-16,42H2,1-4H3/t25?,26?,35?,36-,37+,38?,39?/m1/s1. The Morgan fingerprint density at radius 2 is 1.13 bits per heavy atom. The zero-order valence-corrected chi connectivity index (χ0v) is 27.3. The maximum Gasteiger partial charge on any atom is 0.338 e. The summed E-state index contributed by atoms with van der Waals surface area (Å²) in [6, 6.07) is 31.7. The second-order valence-electron chi connectivity index (χ2n) is 13.0. The fourth-order valence-electron chi connectivity index (χ4n) is 7.83. The highest BCUT2D eigenvalue weighted by Crippen LogP contribution is 2.58. The number of rotatable bonds is 10. The summed E-state index contributed by atoms with van der Waals surface area (Å²) in [5.74, 6) is -0.985. The molecule has 2 aliphatic carbocycles. The van der Waals surface area contributed by atoms with Gasteiger partial charge < -0.3 is 15.2 Å². The number of ether oxygens (including phenoxy) is 2. The Labute approximate surface area is 273 Å². The quantitative estimate of drug-likeness (QED) is 0.180. The van der Waals surface area contributed by atoms with Gasteiger partial charge in [0.1, 0.15) is 12.2 Å². The predicted molar refractivity (Wildman–Crippen MR) is 182 cm³/mol. The summed E-state index contributed by atoms with van der Waals surface area (Å²) in [5, 5.41) is 0. The van der Waals surface area contributed by atoms with Crippen molar-refractivity contribution in [3.05, 3.63) is 142 Å². The second kappa shape index (κ2) is 13.6. The number of fused-ring (bicyclic) bond motifs is 6. The van der Waals surface area contributed by atoms with Crippen LogP contribution in [0, 0.1) is 0 Å². The highest BCUT2D eigenvalue weighted by atomic mass is 16.6. The number of nitrogens with two attached hydrogens (primary N) is 1. The van der Waals surface area contributed by atoms with Crippen molar-refractivity contribution in [1.82, 2.24) is 0 Å². The summed E-state index contributed by atoms with van der Waals surface area (Å²) in [6.45, 7) is 8.48. The Hall–Kier alpha value is -4.22. The van der Waals surface area contributed by atoms with E-state index in [1.807, 2.05) is 54.6 Å². The zero-order valence-electron chi connectivity index (χ0n) is 27.3. The molecule has 0 heterocycles. The third-order valence-electron chi connectivity index (χ3n) is 10.1. The molecule has 0 saturated carbocycles. The molecule has 2 N–H and O–H groups in total. The van der Waals surface area contributed by atoms with E-state index in [0.29, 0.717) is 11.1 Å². The van der Waals surface area contributed by atoms with Gasteiger partial charge in [-0.25, -0.2) is 9.59 Å². The highest BCUT2D eigenvalue weighted by Gasteiger charge is 2.53.